The molecule has 5 rings (SSSR count). The topological polar surface area (TPSA) is 71.8 Å². The highest BCUT2D eigenvalue weighted by Gasteiger charge is 2.31. The molecular weight excluding hydrogens is 498 g/mol. The van der Waals surface area contributed by atoms with Crippen LogP contribution in [0.3, 0.4) is 0 Å². The number of aromatic nitrogens is 3. The molecule has 0 unspecified atom stereocenters. The van der Waals surface area contributed by atoms with Gasteiger partial charge < -0.3 is 15.0 Å². The summed E-state index contributed by atoms with van der Waals surface area (Å²) in [6, 6.07) is 25.0. The second kappa shape index (κ2) is 12.7. The maximum atomic E-state index is 12.4. The molecule has 0 spiro atoms. The van der Waals surface area contributed by atoms with Crippen molar-refractivity contribution in [1.82, 2.24) is 19.5 Å². The predicted octanol–water partition coefficient (Wildman–Crippen LogP) is 6.06. The molecule has 1 saturated heterocycles. The lowest BCUT2D eigenvalue weighted by molar-refractivity contribution is -0.123. The molecule has 2 aromatic carbocycles. The summed E-state index contributed by atoms with van der Waals surface area (Å²) in [5.74, 6) is 0.994. The Morgan fingerprint density at radius 2 is 1.65 bits per heavy atom. The first-order chi connectivity index (χ1) is 19.4. The zero-order valence-electron chi connectivity index (χ0n) is 23.9. The number of carbonyl (C=O) groups is 1. The molecule has 40 heavy (non-hydrogen) atoms. The molecule has 7 nitrogen and oxygen atoms in total. The Hall–Kier alpha value is -3.55. The average molecular weight is 540 g/mol. The van der Waals surface area contributed by atoms with E-state index < -0.39 is 5.41 Å². The number of ketones is 1. The Morgan fingerprint density at radius 3 is 2.27 bits per heavy atom. The Bertz CT molecular complexity index is 1340. The predicted molar refractivity (Wildman–Crippen MR) is 160 cm³/mol. The van der Waals surface area contributed by atoms with Crippen molar-refractivity contribution in [3.63, 3.8) is 0 Å². The SMILES string of the molecule is CCC(=O)C(C)(C)c1cn2nc(NCCCN3CCC(OC(c4ccccc4)c4ccccc4)CC3)ccc2n1. The van der Waals surface area contributed by atoms with E-state index in [4.69, 9.17) is 4.74 Å². The molecule has 1 fully saturated rings. The number of Topliss-reactive ketones (excluding diaryl/α,β-unsaturated/α-hetero) is 1. The number of rotatable bonds is 12. The van der Waals surface area contributed by atoms with Crippen LogP contribution in [0, 0.1) is 0 Å². The van der Waals surface area contributed by atoms with Crippen molar-refractivity contribution in [1.29, 1.82) is 0 Å². The van der Waals surface area contributed by atoms with Crippen molar-refractivity contribution in [2.75, 3.05) is 31.5 Å². The first kappa shape index (κ1) is 28.0. The summed E-state index contributed by atoms with van der Waals surface area (Å²) in [5, 5.41) is 8.12. The van der Waals surface area contributed by atoms with E-state index in [9.17, 15) is 4.79 Å². The van der Waals surface area contributed by atoms with Gasteiger partial charge in [0, 0.05) is 26.1 Å². The molecule has 7 heteroatoms. The Labute approximate surface area is 237 Å². The van der Waals surface area contributed by atoms with Crippen molar-refractivity contribution in [2.45, 2.75) is 64.1 Å². The molecular formula is C33H41N5O2. The molecule has 0 saturated carbocycles. The van der Waals surface area contributed by atoms with E-state index in [-0.39, 0.29) is 18.0 Å². The second-order valence-corrected chi connectivity index (χ2v) is 11.2. The standard InChI is InChI=1S/C33H41N5O2/c1-4-29(39)33(2,3)28-24-38-31(35-28)17-16-30(36-38)34-20-11-21-37-22-18-27(19-23-37)40-32(25-12-7-5-8-13-25)26-14-9-6-10-15-26/h5-10,12-17,24,27,32H,4,11,18-23H2,1-3H3,(H,34,36). The second-order valence-electron chi connectivity index (χ2n) is 11.2. The number of nitrogens with one attached hydrogen (secondary N) is 1. The lowest BCUT2D eigenvalue weighted by Crippen LogP contribution is -2.38. The molecule has 0 aliphatic carbocycles. The lowest BCUT2D eigenvalue weighted by atomic mass is 9.84. The maximum Gasteiger partial charge on any atom is 0.153 e. The van der Waals surface area contributed by atoms with Crippen LogP contribution in [-0.4, -0.2) is 57.6 Å². The van der Waals surface area contributed by atoms with Crippen molar-refractivity contribution < 1.29 is 9.53 Å². The molecule has 1 aliphatic rings. The fourth-order valence-corrected chi connectivity index (χ4v) is 5.45. The van der Waals surface area contributed by atoms with Crippen LogP contribution >= 0.6 is 0 Å². The molecule has 1 N–H and O–H groups in total. The third kappa shape index (κ3) is 6.60. The maximum absolute atomic E-state index is 12.4. The van der Waals surface area contributed by atoms with E-state index in [1.165, 1.54) is 11.1 Å². The van der Waals surface area contributed by atoms with E-state index in [1.807, 2.05) is 39.1 Å². The summed E-state index contributed by atoms with van der Waals surface area (Å²) in [4.78, 5) is 19.6. The number of benzene rings is 2. The van der Waals surface area contributed by atoms with Crippen LogP contribution in [0.15, 0.2) is 79.0 Å². The van der Waals surface area contributed by atoms with Crippen LogP contribution in [0.1, 0.15) is 69.4 Å². The molecule has 0 amide bonds. The van der Waals surface area contributed by atoms with E-state index in [2.05, 4.69) is 81.0 Å². The van der Waals surface area contributed by atoms with E-state index >= 15 is 0 Å². The van der Waals surface area contributed by atoms with Gasteiger partial charge in [-0.1, -0.05) is 67.6 Å². The van der Waals surface area contributed by atoms with Crippen molar-refractivity contribution in [2.24, 2.45) is 0 Å². The monoisotopic (exact) mass is 539 g/mol. The van der Waals surface area contributed by atoms with Gasteiger partial charge in [-0.25, -0.2) is 9.50 Å². The van der Waals surface area contributed by atoms with Crippen LogP contribution in [0.2, 0.25) is 0 Å². The summed E-state index contributed by atoms with van der Waals surface area (Å²) in [7, 11) is 0. The lowest BCUT2D eigenvalue weighted by Gasteiger charge is -2.34. The first-order valence-electron chi connectivity index (χ1n) is 14.6. The minimum Gasteiger partial charge on any atom is -0.369 e. The van der Waals surface area contributed by atoms with Crippen molar-refractivity contribution >= 4 is 17.2 Å². The largest absolute Gasteiger partial charge is 0.369 e. The summed E-state index contributed by atoms with van der Waals surface area (Å²) in [6.45, 7) is 9.75. The Morgan fingerprint density at radius 1 is 1.00 bits per heavy atom. The first-order valence-corrected chi connectivity index (χ1v) is 14.6. The fourth-order valence-electron chi connectivity index (χ4n) is 5.45. The van der Waals surface area contributed by atoms with Gasteiger partial charge in [0.05, 0.1) is 23.4 Å². The zero-order chi connectivity index (χ0) is 28.0. The molecule has 2 aromatic heterocycles. The number of hydrogen-bond acceptors (Lipinski definition) is 6. The minimum atomic E-state index is -0.613. The number of hydrogen-bond donors (Lipinski definition) is 1. The number of fused-ring (bicyclic) bond motifs is 1. The molecule has 210 valence electrons. The van der Waals surface area contributed by atoms with Gasteiger partial charge in [0.1, 0.15) is 17.7 Å². The summed E-state index contributed by atoms with van der Waals surface area (Å²) in [6.07, 6.45) is 5.72. The van der Waals surface area contributed by atoms with Gasteiger partial charge in [0.25, 0.3) is 0 Å². The fraction of sp³-hybridized carbons (Fsp3) is 0.424. The molecule has 4 aromatic rings. The molecule has 0 atom stereocenters. The Balaban J connectivity index is 1.08. The zero-order valence-corrected chi connectivity index (χ0v) is 23.9. The summed E-state index contributed by atoms with van der Waals surface area (Å²) < 4.78 is 8.47. The van der Waals surface area contributed by atoms with E-state index in [1.54, 1.807) is 4.52 Å². The molecule has 1 aliphatic heterocycles. The number of ether oxygens (including phenoxy) is 1. The number of carbonyl (C=O) groups excluding carboxylic acids is 1. The average Bonchev–Trinajstić information content (AvgIpc) is 3.44. The van der Waals surface area contributed by atoms with Gasteiger partial charge in [0.15, 0.2) is 5.65 Å². The smallest absolute Gasteiger partial charge is 0.153 e. The third-order valence-corrected chi connectivity index (χ3v) is 8.00. The number of piperidine rings is 1. The van der Waals surface area contributed by atoms with Gasteiger partial charge in [-0.05, 0) is 62.9 Å². The minimum absolute atomic E-state index is 0.0298. The number of anilines is 1. The van der Waals surface area contributed by atoms with E-state index in [0.29, 0.717) is 6.42 Å². The van der Waals surface area contributed by atoms with Crippen molar-refractivity contribution in [3.8, 4) is 0 Å². The highest BCUT2D eigenvalue weighted by Crippen LogP contribution is 2.30. The summed E-state index contributed by atoms with van der Waals surface area (Å²) >= 11 is 0. The van der Waals surface area contributed by atoms with Crippen LogP contribution in [0.5, 0.6) is 0 Å². The van der Waals surface area contributed by atoms with Gasteiger partial charge >= 0.3 is 0 Å². The number of likely N-dealkylation sites (tertiary alicyclic amines) is 1. The van der Waals surface area contributed by atoms with Crippen molar-refractivity contribution in [3.05, 3.63) is 95.8 Å². The van der Waals surface area contributed by atoms with Crippen LogP contribution in [0.25, 0.3) is 5.65 Å². The van der Waals surface area contributed by atoms with Gasteiger partial charge in [-0.15, -0.1) is 5.10 Å². The number of nitrogens with zero attached hydrogens (tertiary/aromatic N) is 4. The molecule has 3 heterocycles. The molecule has 0 bridgehead atoms. The van der Waals surface area contributed by atoms with Gasteiger partial charge in [0.2, 0.25) is 0 Å². The van der Waals surface area contributed by atoms with Crippen LogP contribution < -0.4 is 5.32 Å². The highest BCUT2D eigenvalue weighted by atomic mass is 16.5. The van der Waals surface area contributed by atoms with E-state index in [0.717, 1.165) is 62.6 Å². The third-order valence-electron chi connectivity index (χ3n) is 8.00. The summed E-state index contributed by atoms with van der Waals surface area (Å²) in [5.41, 5.74) is 3.32. The van der Waals surface area contributed by atoms with Gasteiger partial charge in [-0.3, -0.25) is 4.79 Å². The molecule has 0 radical (unpaired) electrons. The van der Waals surface area contributed by atoms with Crippen LogP contribution in [-0.2, 0) is 14.9 Å². The van der Waals surface area contributed by atoms with Crippen LogP contribution in [0.4, 0.5) is 5.82 Å². The normalized spacial score (nSPS) is 15.1. The quantitative estimate of drug-likeness (QED) is 0.221. The van der Waals surface area contributed by atoms with Gasteiger partial charge in [-0.2, -0.15) is 0 Å². The Kier molecular flexibility index (Phi) is 8.92. The highest BCUT2D eigenvalue weighted by molar-refractivity contribution is 5.88. The number of imidazole rings is 1.